The molecule has 0 saturated heterocycles. The van der Waals surface area contributed by atoms with Crippen LogP contribution in [0.4, 0.5) is 0 Å². The molecule has 1 aromatic carbocycles. The molecule has 0 amide bonds. The summed E-state index contributed by atoms with van der Waals surface area (Å²) in [6.45, 7) is 6.52. The van der Waals surface area contributed by atoms with Crippen molar-refractivity contribution in [1.82, 2.24) is 9.78 Å². The fourth-order valence-electron chi connectivity index (χ4n) is 2.03. The van der Waals surface area contributed by atoms with Gasteiger partial charge in [-0.25, -0.2) is 0 Å². The number of nitrogens with zero attached hydrogens (tertiary/aromatic N) is 2. The van der Waals surface area contributed by atoms with E-state index in [0.717, 1.165) is 5.69 Å². The molecule has 0 saturated carbocycles. The SMILES string of the molecule is Cc1nn(C)c2cccc(C(C)C)c12. The summed E-state index contributed by atoms with van der Waals surface area (Å²) in [6.07, 6.45) is 0. The summed E-state index contributed by atoms with van der Waals surface area (Å²) in [7, 11) is 2.00. The molecule has 0 atom stereocenters. The van der Waals surface area contributed by atoms with Crippen molar-refractivity contribution in [1.29, 1.82) is 0 Å². The number of hydrogen-bond donors (Lipinski definition) is 0. The third kappa shape index (κ3) is 1.22. The molecule has 0 unspecified atom stereocenters. The summed E-state index contributed by atoms with van der Waals surface area (Å²) in [5.41, 5.74) is 3.76. The van der Waals surface area contributed by atoms with Crippen LogP contribution in [-0.2, 0) is 7.05 Å². The molecule has 74 valence electrons. The molecule has 0 aliphatic heterocycles. The highest BCUT2D eigenvalue weighted by molar-refractivity contribution is 5.85. The van der Waals surface area contributed by atoms with Gasteiger partial charge in [-0.2, -0.15) is 5.10 Å². The minimum absolute atomic E-state index is 0.557. The Balaban J connectivity index is 2.85. The van der Waals surface area contributed by atoms with Crippen LogP contribution in [0.25, 0.3) is 10.9 Å². The number of rotatable bonds is 1. The van der Waals surface area contributed by atoms with E-state index in [9.17, 15) is 0 Å². The largest absolute Gasteiger partial charge is 0.268 e. The second-order valence-electron chi connectivity index (χ2n) is 4.11. The van der Waals surface area contributed by atoms with Crippen molar-refractivity contribution in [2.24, 2.45) is 7.05 Å². The Morgan fingerprint density at radius 3 is 2.64 bits per heavy atom. The van der Waals surface area contributed by atoms with Crippen molar-refractivity contribution < 1.29 is 0 Å². The van der Waals surface area contributed by atoms with Crippen LogP contribution in [0.2, 0.25) is 0 Å². The van der Waals surface area contributed by atoms with E-state index >= 15 is 0 Å². The minimum Gasteiger partial charge on any atom is -0.268 e. The maximum Gasteiger partial charge on any atom is 0.0684 e. The van der Waals surface area contributed by atoms with Crippen molar-refractivity contribution in [2.45, 2.75) is 26.7 Å². The van der Waals surface area contributed by atoms with Crippen LogP contribution in [-0.4, -0.2) is 9.78 Å². The molecule has 0 spiro atoms. The number of aryl methyl sites for hydroxylation is 2. The first-order valence-electron chi connectivity index (χ1n) is 5.03. The van der Waals surface area contributed by atoms with Gasteiger partial charge in [-0.05, 0) is 24.5 Å². The number of benzene rings is 1. The normalized spacial score (nSPS) is 11.5. The summed E-state index contributed by atoms with van der Waals surface area (Å²) < 4.78 is 1.95. The van der Waals surface area contributed by atoms with E-state index in [1.807, 2.05) is 11.7 Å². The van der Waals surface area contributed by atoms with Gasteiger partial charge < -0.3 is 0 Å². The lowest BCUT2D eigenvalue weighted by molar-refractivity contribution is 0.783. The van der Waals surface area contributed by atoms with Crippen LogP contribution in [0.3, 0.4) is 0 Å². The lowest BCUT2D eigenvalue weighted by Gasteiger charge is -2.07. The van der Waals surface area contributed by atoms with Gasteiger partial charge in [-0.15, -0.1) is 0 Å². The number of hydrogen-bond acceptors (Lipinski definition) is 1. The zero-order valence-corrected chi connectivity index (χ0v) is 9.20. The van der Waals surface area contributed by atoms with Crippen molar-refractivity contribution >= 4 is 10.9 Å². The molecule has 0 bridgehead atoms. The van der Waals surface area contributed by atoms with E-state index in [0.29, 0.717) is 5.92 Å². The van der Waals surface area contributed by atoms with Crippen LogP contribution >= 0.6 is 0 Å². The molecule has 0 radical (unpaired) electrons. The standard InChI is InChI=1S/C12H16N2/c1-8(2)10-6-5-7-11-12(10)9(3)13-14(11)4/h5-8H,1-4H3. The summed E-state index contributed by atoms with van der Waals surface area (Å²) in [5.74, 6) is 0.557. The van der Waals surface area contributed by atoms with Crippen LogP contribution < -0.4 is 0 Å². The van der Waals surface area contributed by atoms with Gasteiger partial charge >= 0.3 is 0 Å². The van der Waals surface area contributed by atoms with Gasteiger partial charge in [0.1, 0.15) is 0 Å². The van der Waals surface area contributed by atoms with E-state index in [1.54, 1.807) is 0 Å². The zero-order chi connectivity index (χ0) is 10.3. The average molecular weight is 188 g/mol. The molecule has 0 N–H and O–H groups in total. The molecule has 0 aliphatic rings. The van der Waals surface area contributed by atoms with Crippen molar-refractivity contribution in [3.8, 4) is 0 Å². The molecule has 1 heterocycles. The van der Waals surface area contributed by atoms with Gasteiger partial charge in [0.25, 0.3) is 0 Å². The van der Waals surface area contributed by atoms with Crippen LogP contribution in [0.15, 0.2) is 18.2 Å². The Morgan fingerprint density at radius 1 is 1.29 bits per heavy atom. The lowest BCUT2D eigenvalue weighted by atomic mass is 9.98. The maximum atomic E-state index is 4.45. The third-order valence-electron chi connectivity index (χ3n) is 2.71. The van der Waals surface area contributed by atoms with Crippen LogP contribution in [0, 0.1) is 6.92 Å². The second kappa shape index (κ2) is 3.12. The highest BCUT2D eigenvalue weighted by Crippen LogP contribution is 2.27. The summed E-state index contributed by atoms with van der Waals surface area (Å²) in [5, 5.41) is 5.77. The monoisotopic (exact) mass is 188 g/mol. The first-order valence-corrected chi connectivity index (χ1v) is 5.03. The fraction of sp³-hybridized carbons (Fsp3) is 0.417. The molecule has 2 heteroatoms. The highest BCUT2D eigenvalue weighted by Gasteiger charge is 2.10. The fourth-order valence-corrected chi connectivity index (χ4v) is 2.03. The number of fused-ring (bicyclic) bond motifs is 1. The quantitative estimate of drug-likeness (QED) is 0.672. The Bertz CT molecular complexity index is 466. The molecule has 14 heavy (non-hydrogen) atoms. The van der Waals surface area contributed by atoms with Crippen molar-refractivity contribution in [3.05, 3.63) is 29.5 Å². The van der Waals surface area contributed by atoms with Gasteiger partial charge in [0.15, 0.2) is 0 Å². The van der Waals surface area contributed by atoms with Gasteiger partial charge in [0.2, 0.25) is 0 Å². The highest BCUT2D eigenvalue weighted by atomic mass is 15.3. The first-order chi connectivity index (χ1) is 6.61. The first kappa shape index (κ1) is 9.25. The van der Waals surface area contributed by atoms with Crippen molar-refractivity contribution in [2.75, 3.05) is 0 Å². The lowest BCUT2D eigenvalue weighted by Crippen LogP contribution is -1.90. The molecule has 0 aliphatic carbocycles. The second-order valence-corrected chi connectivity index (χ2v) is 4.11. The van der Waals surface area contributed by atoms with Crippen LogP contribution in [0.1, 0.15) is 31.0 Å². The zero-order valence-electron chi connectivity index (χ0n) is 9.20. The smallest absolute Gasteiger partial charge is 0.0684 e. The Hall–Kier alpha value is -1.31. The topological polar surface area (TPSA) is 17.8 Å². The molecule has 0 fully saturated rings. The summed E-state index contributed by atoms with van der Waals surface area (Å²) in [6, 6.07) is 6.43. The van der Waals surface area contributed by atoms with Gasteiger partial charge in [-0.1, -0.05) is 26.0 Å². The van der Waals surface area contributed by atoms with E-state index in [1.165, 1.54) is 16.5 Å². The predicted octanol–water partition coefficient (Wildman–Crippen LogP) is 3.01. The van der Waals surface area contributed by atoms with E-state index in [2.05, 4.69) is 44.1 Å². The molecule has 2 rings (SSSR count). The van der Waals surface area contributed by atoms with E-state index in [4.69, 9.17) is 0 Å². The summed E-state index contributed by atoms with van der Waals surface area (Å²) in [4.78, 5) is 0. The van der Waals surface area contributed by atoms with Gasteiger partial charge in [0.05, 0.1) is 11.2 Å². The molecular formula is C12H16N2. The van der Waals surface area contributed by atoms with Gasteiger partial charge in [0, 0.05) is 12.4 Å². The minimum atomic E-state index is 0.557. The summed E-state index contributed by atoms with van der Waals surface area (Å²) >= 11 is 0. The Kier molecular flexibility index (Phi) is 2.06. The molecule has 2 aromatic rings. The Labute approximate surface area is 84.5 Å². The van der Waals surface area contributed by atoms with E-state index < -0.39 is 0 Å². The molecule has 1 aromatic heterocycles. The molecule has 2 nitrogen and oxygen atoms in total. The van der Waals surface area contributed by atoms with Gasteiger partial charge in [-0.3, -0.25) is 4.68 Å². The Morgan fingerprint density at radius 2 is 2.00 bits per heavy atom. The van der Waals surface area contributed by atoms with Crippen LogP contribution in [0.5, 0.6) is 0 Å². The average Bonchev–Trinajstić information content (AvgIpc) is 2.43. The molecular weight excluding hydrogens is 172 g/mol. The number of aromatic nitrogens is 2. The maximum absolute atomic E-state index is 4.45. The predicted molar refractivity (Wildman–Crippen MR) is 59.5 cm³/mol. The van der Waals surface area contributed by atoms with Crippen molar-refractivity contribution in [3.63, 3.8) is 0 Å². The third-order valence-corrected chi connectivity index (χ3v) is 2.71. The van der Waals surface area contributed by atoms with E-state index in [-0.39, 0.29) is 0 Å².